The lowest BCUT2D eigenvalue weighted by Crippen LogP contribution is -2.37. The Morgan fingerprint density at radius 1 is 1.23 bits per heavy atom. The van der Waals surface area contributed by atoms with Crippen LogP contribution in [0.15, 0.2) is 66.4 Å². The minimum absolute atomic E-state index is 0.00375. The maximum Gasteiger partial charge on any atom is 0.262 e. The number of thioether (sulfide) groups is 1. The summed E-state index contributed by atoms with van der Waals surface area (Å²) in [6.07, 6.45) is 12.8. The third-order valence-corrected chi connectivity index (χ3v) is 7.97. The van der Waals surface area contributed by atoms with Gasteiger partial charge in [0.1, 0.15) is 16.9 Å². The Bertz CT molecular complexity index is 1470. The third-order valence-electron chi connectivity index (χ3n) is 7.10. The van der Waals surface area contributed by atoms with Crippen molar-refractivity contribution in [2.45, 2.75) is 25.5 Å². The van der Waals surface area contributed by atoms with Crippen molar-refractivity contribution in [2.75, 3.05) is 61.1 Å². The molecule has 0 bridgehead atoms. The van der Waals surface area contributed by atoms with Crippen LogP contribution in [0.1, 0.15) is 18.1 Å². The van der Waals surface area contributed by atoms with E-state index in [0.29, 0.717) is 13.1 Å². The van der Waals surface area contributed by atoms with Gasteiger partial charge >= 0.3 is 0 Å². The van der Waals surface area contributed by atoms with Crippen molar-refractivity contribution in [1.29, 1.82) is 5.26 Å². The lowest BCUT2D eigenvalue weighted by molar-refractivity contribution is -0.129. The maximum absolute atomic E-state index is 13.2. The molecular formula is C33H38N6O3S. The molecule has 0 aromatic heterocycles. The van der Waals surface area contributed by atoms with E-state index in [1.165, 1.54) is 29.0 Å². The molecule has 43 heavy (non-hydrogen) atoms. The van der Waals surface area contributed by atoms with E-state index in [4.69, 9.17) is 6.42 Å². The average molecular weight is 599 g/mol. The van der Waals surface area contributed by atoms with Crippen molar-refractivity contribution in [3.8, 4) is 18.4 Å². The number of nitriles is 1. The fourth-order valence-corrected chi connectivity index (χ4v) is 5.23. The second kappa shape index (κ2) is 16.1. The molecule has 1 aliphatic rings. The molecule has 3 rings (SSSR count). The Labute approximate surface area is 258 Å². The fraction of sp³-hybridized carbons (Fsp3) is 0.333. The molecule has 9 nitrogen and oxygen atoms in total. The number of amides is 3. The summed E-state index contributed by atoms with van der Waals surface area (Å²) >= 11 is 1.37. The number of carbonyl (C=O) groups is 3. The van der Waals surface area contributed by atoms with Gasteiger partial charge in [0.05, 0.1) is 13.1 Å². The van der Waals surface area contributed by atoms with Gasteiger partial charge in [0.15, 0.2) is 0 Å². The van der Waals surface area contributed by atoms with E-state index in [1.807, 2.05) is 43.5 Å². The summed E-state index contributed by atoms with van der Waals surface area (Å²) < 4.78 is 0. The van der Waals surface area contributed by atoms with Crippen LogP contribution in [0.2, 0.25) is 0 Å². The fourth-order valence-electron chi connectivity index (χ4n) is 4.65. The number of terminal acetylenes is 1. The van der Waals surface area contributed by atoms with E-state index in [2.05, 4.69) is 46.6 Å². The van der Waals surface area contributed by atoms with E-state index in [0.717, 1.165) is 30.0 Å². The van der Waals surface area contributed by atoms with Crippen LogP contribution in [0, 0.1) is 30.6 Å². The predicted octanol–water partition coefficient (Wildman–Crippen LogP) is 3.73. The molecule has 0 radical (unpaired) electrons. The first kappa shape index (κ1) is 32.8. The number of hydrogen-bond acceptors (Lipinski definition) is 7. The highest BCUT2D eigenvalue weighted by Crippen LogP contribution is 2.29. The van der Waals surface area contributed by atoms with Crippen molar-refractivity contribution < 1.29 is 14.4 Å². The zero-order valence-corrected chi connectivity index (χ0v) is 25.9. The summed E-state index contributed by atoms with van der Waals surface area (Å²) in [5.74, 6) is 1.57. The number of carbonyl (C=O) groups excluding carboxylic acids is 3. The molecule has 1 atom stereocenters. The standard InChI is InChI=1S/C33H38N6O3S/c1-6-16-36-32(41)26(22-34)15-18-38(7-2)33(42)30(43-5)13-17-35-27-9-8-10-28(21-27)37(4)31(40)23-39-19-14-25-20-24(3)11-12-29(25)39/h1,8-13,15,17,20-21,30,35H,7,14,16,18-19,23H2,2-5H3,(H,36,41)/b17-13?,26-15+. The van der Waals surface area contributed by atoms with Gasteiger partial charge in [-0.25, -0.2) is 0 Å². The first-order valence-electron chi connectivity index (χ1n) is 14.0. The van der Waals surface area contributed by atoms with Crippen molar-refractivity contribution in [3.05, 3.63) is 77.5 Å². The van der Waals surface area contributed by atoms with Gasteiger partial charge in [0.2, 0.25) is 11.8 Å². The predicted molar refractivity (Wildman–Crippen MR) is 175 cm³/mol. The topological polar surface area (TPSA) is 109 Å². The number of fused-ring (bicyclic) bond motifs is 1. The van der Waals surface area contributed by atoms with Crippen LogP contribution in [-0.2, 0) is 20.8 Å². The maximum atomic E-state index is 13.2. The summed E-state index contributed by atoms with van der Waals surface area (Å²) in [5, 5.41) is 14.5. The molecule has 2 aromatic rings. The average Bonchev–Trinajstić information content (AvgIpc) is 3.41. The molecule has 0 spiro atoms. The molecule has 1 aliphatic heterocycles. The molecule has 0 aliphatic carbocycles. The molecule has 2 N–H and O–H groups in total. The Kier molecular flexibility index (Phi) is 12.3. The molecule has 10 heteroatoms. The van der Waals surface area contributed by atoms with Gasteiger partial charge in [0, 0.05) is 43.7 Å². The Morgan fingerprint density at radius 3 is 2.72 bits per heavy atom. The van der Waals surface area contributed by atoms with Crippen LogP contribution in [0.4, 0.5) is 17.1 Å². The lowest BCUT2D eigenvalue weighted by atomic mass is 10.1. The molecule has 0 saturated carbocycles. The molecule has 2 aromatic carbocycles. The number of nitrogens with zero attached hydrogens (tertiary/aromatic N) is 4. The van der Waals surface area contributed by atoms with Crippen LogP contribution < -0.4 is 20.4 Å². The summed E-state index contributed by atoms with van der Waals surface area (Å²) in [5.41, 5.74) is 5.07. The van der Waals surface area contributed by atoms with E-state index in [1.54, 1.807) is 29.1 Å². The number of benzene rings is 2. The molecule has 0 fully saturated rings. The van der Waals surface area contributed by atoms with Crippen molar-refractivity contribution >= 4 is 46.5 Å². The van der Waals surface area contributed by atoms with Gasteiger partial charge in [-0.2, -0.15) is 5.26 Å². The Morgan fingerprint density at radius 2 is 2.02 bits per heavy atom. The summed E-state index contributed by atoms with van der Waals surface area (Å²) in [4.78, 5) is 43.7. The molecule has 0 saturated heterocycles. The van der Waals surface area contributed by atoms with Crippen LogP contribution in [0.3, 0.4) is 0 Å². The van der Waals surface area contributed by atoms with Crippen LogP contribution in [0.5, 0.6) is 0 Å². The molecule has 1 unspecified atom stereocenters. The molecule has 224 valence electrons. The van der Waals surface area contributed by atoms with Crippen molar-refractivity contribution in [1.82, 2.24) is 10.2 Å². The number of hydrogen-bond donors (Lipinski definition) is 2. The van der Waals surface area contributed by atoms with Gasteiger partial charge in [0.25, 0.3) is 5.91 Å². The SMILES string of the molecule is C#CCNC(=O)/C(C#N)=C/CN(CC)C(=O)C(C=CNc1cccc(N(C)C(=O)CN2CCc3cc(C)ccc32)c1)SC. The smallest absolute Gasteiger partial charge is 0.262 e. The first-order chi connectivity index (χ1) is 20.7. The lowest BCUT2D eigenvalue weighted by Gasteiger charge is -2.24. The van der Waals surface area contributed by atoms with Gasteiger partial charge < -0.3 is 25.3 Å². The number of nitrogens with one attached hydrogen (secondary N) is 2. The van der Waals surface area contributed by atoms with E-state index in [9.17, 15) is 19.6 Å². The minimum atomic E-state index is -0.569. The normalized spacial score (nSPS) is 13.1. The second-order valence-electron chi connectivity index (χ2n) is 9.96. The van der Waals surface area contributed by atoms with E-state index < -0.39 is 11.2 Å². The van der Waals surface area contributed by atoms with Gasteiger partial charge in [-0.1, -0.05) is 29.7 Å². The summed E-state index contributed by atoms with van der Waals surface area (Å²) in [6, 6.07) is 15.7. The number of likely N-dealkylation sites (N-methyl/N-ethyl adjacent to an activating group) is 2. The molecule has 3 amide bonds. The van der Waals surface area contributed by atoms with E-state index in [-0.39, 0.29) is 30.5 Å². The summed E-state index contributed by atoms with van der Waals surface area (Å²) in [7, 11) is 1.77. The summed E-state index contributed by atoms with van der Waals surface area (Å²) in [6.45, 7) is 5.58. The zero-order chi connectivity index (χ0) is 31.4. The van der Waals surface area contributed by atoms with Crippen molar-refractivity contribution in [3.63, 3.8) is 0 Å². The third kappa shape index (κ3) is 8.91. The Balaban J connectivity index is 1.60. The number of rotatable bonds is 13. The number of aryl methyl sites for hydroxylation is 1. The van der Waals surface area contributed by atoms with Gasteiger partial charge in [-0.3, -0.25) is 14.4 Å². The Hall–Kier alpha value is -4.67. The van der Waals surface area contributed by atoms with E-state index >= 15 is 0 Å². The van der Waals surface area contributed by atoms with Gasteiger partial charge in [-0.05, 0) is 74.7 Å². The van der Waals surface area contributed by atoms with Gasteiger partial charge in [-0.15, -0.1) is 18.2 Å². The van der Waals surface area contributed by atoms with Crippen LogP contribution >= 0.6 is 11.8 Å². The van der Waals surface area contributed by atoms with Crippen LogP contribution in [-0.4, -0.2) is 73.9 Å². The zero-order valence-electron chi connectivity index (χ0n) is 25.1. The van der Waals surface area contributed by atoms with Crippen molar-refractivity contribution in [2.24, 2.45) is 0 Å². The highest BCUT2D eigenvalue weighted by molar-refractivity contribution is 8.00. The highest BCUT2D eigenvalue weighted by Gasteiger charge is 2.23. The molecular weight excluding hydrogens is 560 g/mol. The van der Waals surface area contributed by atoms with Crippen LogP contribution in [0.25, 0.3) is 0 Å². The minimum Gasteiger partial charge on any atom is -0.362 e. The first-order valence-corrected chi connectivity index (χ1v) is 15.3. The number of anilines is 3. The monoisotopic (exact) mass is 598 g/mol. The highest BCUT2D eigenvalue weighted by atomic mass is 32.2. The second-order valence-corrected chi connectivity index (χ2v) is 10.9. The quantitative estimate of drug-likeness (QED) is 0.206. The molecule has 1 heterocycles. The largest absolute Gasteiger partial charge is 0.362 e.